The van der Waals surface area contributed by atoms with Crippen LogP contribution in [0.1, 0.15) is 24.0 Å². The fourth-order valence-electron chi connectivity index (χ4n) is 2.46. The van der Waals surface area contributed by atoms with Crippen LogP contribution >= 0.6 is 15.9 Å². The molecule has 3 heteroatoms. The van der Waals surface area contributed by atoms with Crippen molar-refractivity contribution in [2.45, 2.75) is 32.4 Å². The Hall–Kier alpha value is -0.380. The molecule has 0 spiro atoms. The maximum absolute atomic E-state index is 5.39. The van der Waals surface area contributed by atoms with Gasteiger partial charge in [0.05, 0.1) is 6.10 Å². The molecule has 1 fully saturated rings. The second-order valence-corrected chi connectivity index (χ2v) is 5.76. The van der Waals surface area contributed by atoms with Crippen molar-refractivity contribution >= 4 is 15.9 Å². The number of rotatable bonds is 3. The lowest BCUT2D eigenvalue weighted by Crippen LogP contribution is -2.36. The molecule has 94 valence electrons. The number of aryl methyl sites for hydroxylation is 1. The maximum atomic E-state index is 5.39. The van der Waals surface area contributed by atoms with Gasteiger partial charge in [0, 0.05) is 31.2 Å². The van der Waals surface area contributed by atoms with Crippen molar-refractivity contribution in [3.63, 3.8) is 0 Å². The molecular formula is C14H20BrNO. The molecule has 1 aliphatic heterocycles. The minimum absolute atomic E-state index is 0.468. The highest BCUT2D eigenvalue weighted by atomic mass is 79.9. The van der Waals surface area contributed by atoms with Gasteiger partial charge in [0.2, 0.25) is 0 Å². The van der Waals surface area contributed by atoms with Gasteiger partial charge in [-0.05, 0) is 43.0 Å². The molecule has 1 saturated heterocycles. The molecule has 0 atom stereocenters. The first-order valence-corrected chi connectivity index (χ1v) is 6.98. The Morgan fingerprint density at radius 3 is 2.59 bits per heavy atom. The predicted octanol–water partition coefficient (Wildman–Crippen LogP) is 3.37. The van der Waals surface area contributed by atoms with E-state index >= 15 is 0 Å². The molecule has 17 heavy (non-hydrogen) atoms. The third-order valence-corrected chi connectivity index (χ3v) is 3.83. The van der Waals surface area contributed by atoms with Gasteiger partial charge in [-0.25, -0.2) is 0 Å². The summed E-state index contributed by atoms with van der Waals surface area (Å²) in [6.07, 6.45) is 2.78. The zero-order valence-corrected chi connectivity index (χ0v) is 12.2. The normalized spacial score (nSPS) is 18.5. The summed E-state index contributed by atoms with van der Waals surface area (Å²) in [5, 5.41) is 0. The van der Waals surface area contributed by atoms with E-state index in [1.54, 1.807) is 0 Å². The van der Waals surface area contributed by atoms with Crippen molar-refractivity contribution in [1.82, 2.24) is 4.90 Å². The van der Waals surface area contributed by atoms with E-state index in [0.29, 0.717) is 6.10 Å². The number of benzene rings is 1. The van der Waals surface area contributed by atoms with E-state index in [9.17, 15) is 0 Å². The van der Waals surface area contributed by atoms with Gasteiger partial charge in [0.15, 0.2) is 0 Å². The molecule has 0 aliphatic carbocycles. The first-order valence-electron chi connectivity index (χ1n) is 6.18. The van der Waals surface area contributed by atoms with Crippen molar-refractivity contribution in [3.05, 3.63) is 33.8 Å². The summed E-state index contributed by atoms with van der Waals surface area (Å²) in [6, 6.07) is 6.64. The maximum Gasteiger partial charge on any atom is 0.0595 e. The second-order valence-electron chi connectivity index (χ2n) is 4.85. The van der Waals surface area contributed by atoms with Crippen molar-refractivity contribution in [1.29, 1.82) is 0 Å². The van der Waals surface area contributed by atoms with Crippen molar-refractivity contribution < 1.29 is 4.74 Å². The summed E-state index contributed by atoms with van der Waals surface area (Å²) in [5.41, 5.74) is 2.72. The average molecular weight is 298 g/mol. The van der Waals surface area contributed by atoms with Gasteiger partial charge in [0.1, 0.15) is 0 Å². The van der Waals surface area contributed by atoms with Crippen LogP contribution in [0, 0.1) is 6.92 Å². The number of likely N-dealkylation sites (tertiary alicyclic amines) is 1. The van der Waals surface area contributed by atoms with Gasteiger partial charge in [-0.1, -0.05) is 22.0 Å². The number of halogens is 1. The predicted molar refractivity (Wildman–Crippen MR) is 74.2 cm³/mol. The highest BCUT2D eigenvalue weighted by Crippen LogP contribution is 2.19. The lowest BCUT2D eigenvalue weighted by Gasteiger charge is -2.31. The van der Waals surface area contributed by atoms with Crippen LogP contribution in [0.5, 0.6) is 0 Å². The molecule has 1 heterocycles. The Labute approximate surface area is 112 Å². The third-order valence-electron chi connectivity index (χ3n) is 3.38. The quantitative estimate of drug-likeness (QED) is 0.848. The van der Waals surface area contributed by atoms with Crippen LogP contribution in [0.15, 0.2) is 22.7 Å². The Morgan fingerprint density at radius 1 is 1.29 bits per heavy atom. The molecule has 0 aromatic heterocycles. The van der Waals surface area contributed by atoms with E-state index in [1.165, 1.54) is 15.6 Å². The number of hydrogen-bond acceptors (Lipinski definition) is 2. The topological polar surface area (TPSA) is 12.5 Å². The first kappa shape index (κ1) is 13.1. The van der Waals surface area contributed by atoms with Crippen LogP contribution in [-0.2, 0) is 11.3 Å². The van der Waals surface area contributed by atoms with Crippen molar-refractivity contribution in [3.8, 4) is 0 Å². The molecule has 0 saturated carbocycles. The number of methoxy groups -OCH3 is 1. The lowest BCUT2D eigenvalue weighted by atomic mass is 10.1. The largest absolute Gasteiger partial charge is 0.381 e. The highest BCUT2D eigenvalue weighted by molar-refractivity contribution is 9.10. The molecule has 0 bridgehead atoms. The third kappa shape index (κ3) is 3.80. The second kappa shape index (κ2) is 5.98. The minimum Gasteiger partial charge on any atom is -0.381 e. The monoisotopic (exact) mass is 297 g/mol. The first-order chi connectivity index (χ1) is 8.17. The molecule has 1 aromatic carbocycles. The summed E-state index contributed by atoms with van der Waals surface area (Å²) in [7, 11) is 1.82. The summed E-state index contributed by atoms with van der Waals surface area (Å²) in [5.74, 6) is 0. The molecular weight excluding hydrogens is 278 g/mol. The van der Waals surface area contributed by atoms with Crippen LogP contribution in [0.4, 0.5) is 0 Å². The molecule has 0 unspecified atom stereocenters. The smallest absolute Gasteiger partial charge is 0.0595 e. The summed E-state index contributed by atoms with van der Waals surface area (Å²) >= 11 is 3.56. The lowest BCUT2D eigenvalue weighted by molar-refractivity contribution is 0.0388. The summed E-state index contributed by atoms with van der Waals surface area (Å²) in [4.78, 5) is 2.51. The fourth-order valence-corrected chi connectivity index (χ4v) is 3.12. The molecule has 2 rings (SSSR count). The van der Waals surface area contributed by atoms with Crippen LogP contribution in [0.25, 0.3) is 0 Å². The highest BCUT2D eigenvalue weighted by Gasteiger charge is 2.18. The number of hydrogen-bond donors (Lipinski definition) is 0. The zero-order chi connectivity index (χ0) is 12.3. The van der Waals surface area contributed by atoms with E-state index in [1.807, 2.05) is 7.11 Å². The fraction of sp³-hybridized carbons (Fsp3) is 0.571. The molecule has 1 aromatic rings. The molecule has 1 aliphatic rings. The van der Waals surface area contributed by atoms with Gasteiger partial charge in [-0.15, -0.1) is 0 Å². The Bertz CT molecular complexity index is 352. The van der Waals surface area contributed by atoms with Gasteiger partial charge >= 0.3 is 0 Å². The van der Waals surface area contributed by atoms with E-state index in [-0.39, 0.29) is 0 Å². The van der Waals surface area contributed by atoms with E-state index in [0.717, 1.165) is 32.5 Å². The molecule has 2 nitrogen and oxygen atoms in total. The number of piperidine rings is 1. The number of nitrogens with zero attached hydrogens (tertiary/aromatic N) is 1. The van der Waals surface area contributed by atoms with Crippen LogP contribution < -0.4 is 0 Å². The summed E-state index contributed by atoms with van der Waals surface area (Å²) < 4.78 is 6.57. The van der Waals surface area contributed by atoms with E-state index < -0.39 is 0 Å². The van der Waals surface area contributed by atoms with Gasteiger partial charge in [-0.3, -0.25) is 4.90 Å². The Morgan fingerprint density at radius 2 is 2.00 bits per heavy atom. The molecule has 0 amide bonds. The summed E-state index contributed by atoms with van der Waals surface area (Å²) in [6.45, 7) is 5.48. The molecule has 0 radical (unpaired) electrons. The van der Waals surface area contributed by atoms with Gasteiger partial charge < -0.3 is 4.74 Å². The zero-order valence-electron chi connectivity index (χ0n) is 10.6. The van der Waals surface area contributed by atoms with Crippen LogP contribution in [0.2, 0.25) is 0 Å². The standard InChI is InChI=1S/C14H20BrNO/c1-11-7-12(9-13(15)8-11)10-16-5-3-14(17-2)4-6-16/h7-9,14H,3-6,10H2,1-2H3. The van der Waals surface area contributed by atoms with Crippen LogP contribution in [0.3, 0.4) is 0 Å². The van der Waals surface area contributed by atoms with E-state index in [4.69, 9.17) is 4.74 Å². The minimum atomic E-state index is 0.468. The van der Waals surface area contributed by atoms with Crippen molar-refractivity contribution in [2.24, 2.45) is 0 Å². The van der Waals surface area contributed by atoms with Gasteiger partial charge in [0.25, 0.3) is 0 Å². The average Bonchev–Trinajstić information content (AvgIpc) is 2.28. The molecule has 0 N–H and O–H groups in total. The SMILES string of the molecule is COC1CCN(Cc2cc(C)cc(Br)c2)CC1. The van der Waals surface area contributed by atoms with Gasteiger partial charge in [-0.2, -0.15) is 0 Å². The van der Waals surface area contributed by atoms with Crippen LogP contribution in [-0.4, -0.2) is 31.2 Å². The Balaban J connectivity index is 1.93. The van der Waals surface area contributed by atoms with E-state index in [2.05, 4.69) is 46.0 Å². The Kier molecular flexibility index (Phi) is 4.60. The van der Waals surface area contributed by atoms with Crippen molar-refractivity contribution in [2.75, 3.05) is 20.2 Å². The number of ether oxygens (including phenoxy) is 1.